The minimum atomic E-state index is 0.306. The topological polar surface area (TPSA) is 20.3 Å². The molecule has 19 heavy (non-hydrogen) atoms. The molecule has 2 nitrogen and oxygen atoms in total. The van der Waals surface area contributed by atoms with Crippen LogP contribution in [0, 0.1) is 30.1 Å². The van der Waals surface area contributed by atoms with Gasteiger partial charge in [-0.1, -0.05) is 27.7 Å². The Bertz CT molecular complexity index is 302. The van der Waals surface area contributed by atoms with Gasteiger partial charge in [0, 0.05) is 19.0 Å². The zero-order chi connectivity index (χ0) is 14.0. The Kier molecular flexibility index (Phi) is 4.58. The van der Waals surface area contributed by atoms with Crippen molar-refractivity contribution in [3.63, 3.8) is 0 Å². The molecule has 0 aromatic heterocycles. The van der Waals surface area contributed by atoms with Crippen molar-refractivity contribution in [3.05, 3.63) is 6.92 Å². The summed E-state index contributed by atoms with van der Waals surface area (Å²) in [5, 5.41) is 0. The maximum absolute atomic E-state index is 12.5. The number of amides is 1. The van der Waals surface area contributed by atoms with Gasteiger partial charge in [0.2, 0.25) is 5.91 Å². The van der Waals surface area contributed by atoms with Crippen LogP contribution in [0.3, 0.4) is 0 Å². The molecule has 0 aromatic rings. The minimum absolute atomic E-state index is 0.306. The lowest BCUT2D eigenvalue weighted by Crippen LogP contribution is -2.42. The molecular weight excluding hydrogens is 234 g/mol. The lowest BCUT2D eigenvalue weighted by molar-refractivity contribution is -0.138. The van der Waals surface area contributed by atoms with Crippen molar-refractivity contribution in [3.8, 4) is 0 Å². The van der Waals surface area contributed by atoms with Gasteiger partial charge >= 0.3 is 0 Å². The van der Waals surface area contributed by atoms with Crippen LogP contribution in [0.15, 0.2) is 0 Å². The average Bonchev–Trinajstić information content (AvgIpc) is 2.38. The van der Waals surface area contributed by atoms with Crippen LogP contribution in [0.2, 0.25) is 0 Å². The third-order valence-corrected chi connectivity index (χ3v) is 5.23. The van der Waals surface area contributed by atoms with Crippen molar-refractivity contribution in [2.45, 2.75) is 59.3 Å². The third kappa shape index (κ3) is 3.73. The van der Waals surface area contributed by atoms with E-state index in [1.54, 1.807) is 0 Å². The molecule has 109 valence electrons. The summed E-state index contributed by atoms with van der Waals surface area (Å²) in [6, 6.07) is 0. The molecule has 0 N–H and O–H groups in total. The van der Waals surface area contributed by atoms with E-state index in [-0.39, 0.29) is 0 Å². The Hall–Kier alpha value is -0.530. The second-order valence-electron chi connectivity index (χ2n) is 7.68. The fourth-order valence-corrected chi connectivity index (χ4v) is 3.62. The highest BCUT2D eigenvalue weighted by atomic mass is 16.2. The Morgan fingerprint density at radius 3 is 2.00 bits per heavy atom. The van der Waals surface area contributed by atoms with Crippen molar-refractivity contribution in [2.24, 2.45) is 23.2 Å². The van der Waals surface area contributed by atoms with Gasteiger partial charge in [-0.15, -0.1) is 0 Å². The minimum Gasteiger partial charge on any atom is -0.342 e. The molecule has 2 fully saturated rings. The molecule has 0 atom stereocenters. The largest absolute Gasteiger partial charge is 0.342 e. The summed E-state index contributed by atoms with van der Waals surface area (Å²) < 4.78 is 0. The first kappa shape index (κ1) is 14.9. The summed E-state index contributed by atoms with van der Waals surface area (Å²) in [4.78, 5) is 14.6. The van der Waals surface area contributed by atoms with Gasteiger partial charge in [-0.25, -0.2) is 0 Å². The zero-order valence-corrected chi connectivity index (χ0v) is 13.0. The van der Waals surface area contributed by atoms with Gasteiger partial charge in [0.15, 0.2) is 0 Å². The van der Waals surface area contributed by atoms with E-state index in [9.17, 15) is 4.79 Å². The quantitative estimate of drug-likeness (QED) is 0.703. The van der Waals surface area contributed by atoms with E-state index >= 15 is 0 Å². The molecule has 0 spiro atoms. The van der Waals surface area contributed by atoms with Gasteiger partial charge in [0.25, 0.3) is 0 Å². The van der Waals surface area contributed by atoms with E-state index in [0.717, 1.165) is 44.7 Å². The first-order valence-electron chi connectivity index (χ1n) is 8.00. The van der Waals surface area contributed by atoms with Crippen molar-refractivity contribution in [1.82, 2.24) is 4.90 Å². The maximum atomic E-state index is 12.5. The van der Waals surface area contributed by atoms with Crippen LogP contribution in [0.25, 0.3) is 0 Å². The Balaban J connectivity index is 1.82. The number of nitrogens with zero attached hydrogens (tertiary/aromatic N) is 1. The van der Waals surface area contributed by atoms with Crippen LogP contribution in [0.4, 0.5) is 0 Å². The lowest BCUT2D eigenvalue weighted by Gasteiger charge is -2.39. The number of carbonyl (C=O) groups is 1. The van der Waals surface area contributed by atoms with E-state index in [2.05, 4.69) is 32.6 Å². The summed E-state index contributed by atoms with van der Waals surface area (Å²) in [7, 11) is 0. The predicted octanol–water partition coefficient (Wildman–Crippen LogP) is 3.91. The van der Waals surface area contributed by atoms with Crippen LogP contribution >= 0.6 is 0 Å². The summed E-state index contributed by atoms with van der Waals surface area (Å²) in [6.45, 7) is 13.0. The first-order chi connectivity index (χ1) is 8.88. The van der Waals surface area contributed by atoms with Gasteiger partial charge < -0.3 is 4.90 Å². The van der Waals surface area contributed by atoms with Gasteiger partial charge in [-0.2, -0.15) is 0 Å². The molecule has 1 aliphatic carbocycles. The molecule has 0 aromatic carbocycles. The van der Waals surface area contributed by atoms with E-state index in [0.29, 0.717) is 23.2 Å². The van der Waals surface area contributed by atoms with E-state index in [1.807, 2.05) is 0 Å². The number of carbonyl (C=O) groups excluding carboxylic acids is 1. The predicted molar refractivity (Wildman–Crippen MR) is 79.6 cm³/mol. The van der Waals surface area contributed by atoms with Gasteiger partial charge in [-0.05, 0) is 55.8 Å². The summed E-state index contributed by atoms with van der Waals surface area (Å²) in [5.74, 6) is 2.09. The molecule has 1 amide bonds. The third-order valence-electron chi connectivity index (χ3n) is 5.23. The Labute approximate surface area is 118 Å². The molecular formula is C17H30NO. The first-order valence-corrected chi connectivity index (χ1v) is 8.00. The normalized spacial score (nSPS) is 30.4. The molecule has 2 aliphatic rings. The van der Waals surface area contributed by atoms with Crippen LogP contribution < -0.4 is 0 Å². The highest BCUT2D eigenvalue weighted by Crippen LogP contribution is 2.40. The van der Waals surface area contributed by atoms with Crippen molar-refractivity contribution >= 4 is 5.91 Å². The van der Waals surface area contributed by atoms with Crippen molar-refractivity contribution < 1.29 is 4.79 Å². The number of likely N-dealkylation sites (tertiary alicyclic amines) is 1. The fourth-order valence-electron chi connectivity index (χ4n) is 3.62. The van der Waals surface area contributed by atoms with Crippen LogP contribution in [-0.2, 0) is 4.79 Å². The maximum Gasteiger partial charge on any atom is 0.225 e. The van der Waals surface area contributed by atoms with E-state index in [4.69, 9.17) is 0 Å². The molecule has 1 radical (unpaired) electrons. The Morgan fingerprint density at radius 2 is 1.53 bits per heavy atom. The molecule has 0 bridgehead atoms. The fraction of sp³-hybridized carbons (Fsp3) is 0.882. The van der Waals surface area contributed by atoms with Crippen LogP contribution in [-0.4, -0.2) is 23.9 Å². The van der Waals surface area contributed by atoms with Gasteiger partial charge in [-0.3, -0.25) is 4.79 Å². The molecule has 0 unspecified atom stereocenters. The van der Waals surface area contributed by atoms with E-state index in [1.165, 1.54) is 12.8 Å². The lowest BCUT2D eigenvalue weighted by atomic mass is 9.69. The molecule has 1 saturated carbocycles. The van der Waals surface area contributed by atoms with Gasteiger partial charge in [0.05, 0.1) is 0 Å². The van der Waals surface area contributed by atoms with Crippen molar-refractivity contribution in [1.29, 1.82) is 0 Å². The second-order valence-corrected chi connectivity index (χ2v) is 7.68. The summed E-state index contributed by atoms with van der Waals surface area (Å²) >= 11 is 0. The molecule has 2 rings (SSSR count). The zero-order valence-electron chi connectivity index (χ0n) is 13.0. The van der Waals surface area contributed by atoms with Crippen LogP contribution in [0.5, 0.6) is 0 Å². The average molecular weight is 264 g/mol. The molecule has 1 heterocycles. The van der Waals surface area contributed by atoms with E-state index < -0.39 is 0 Å². The molecule has 2 heteroatoms. The number of piperidine rings is 1. The van der Waals surface area contributed by atoms with Crippen LogP contribution in [0.1, 0.15) is 59.3 Å². The summed E-state index contributed by atoms with van der Waals surface area (Å²) in [6.07, 6.45) is 6.83. The van der Waals surface area contributed by atoms with Crippen molar-refractivity contribution in [2.75, 3.05) is 13.1 Å². The molecule has 1 aliphatic heterocycles. The smallest absolute Gasteiger partial charge is 0.225 e. The SMILES string of the molecule is [CH2]C1CCN(C(=O)[C@H]2CC[C@H](C(C)(C)C)CC2)CC1. The monoisotopic (exact) mass is 264 g/mol. The summed E-state index contributed by atoms with van der Waals surface area (Å²) in [5.41, 5.74) is 0.403. The molecule has 1 saturated heterocycles. The number of hydrogen-bond acceptors (Lipinski definition) is 1. The van der Waals surface area contributed by atoms with Gasteiger partial charge in [0.1, 0.15) is 0 Å². The highest BCUT2D eigenvalue weighted by Gasteiger charge is 2.34. The number of hydrogen-bond donors (Lipinski definition) is 0. The highest BCUT2D eigenvalue weighted by molar-refractivity contribution is 5.79. The Morgan fingerprint density at radius 1 is 1.00 bits per heavy atom. The second kappa shape index (κ2) is 5.85. The standard InChI is InChI=1S/C17H30NO/c1-13-9-11-18(12-10-13)16(19)14-5-7-15(8-6-14)17(2,3)4/h13-15H,1,5-12H2,2-4H3/t14-,15-. The number of rotatable bonds is 1.